The molecule has 0 amide bonds. The Morgan fingerprint density at radius 3 is 2.00 bits per heavy atom. The van der Waals surface area contributed by atoms with Gasteiger partial charge in [0.2, 0.25) is 0 Å². The first-order valence-electron chi connectivity index (χ1n) is 15.7. The van der Waals surface area contributed by atoms with Crippen molar-refractivity contribution in [3.63, 3.8) is 0 Å². The van der Waals surface area contributed by atoms with E-state index in [1.165, 1.54) is 5.56 Å². The molecule has 0 saturated carbocycles. The van der Waals surface area contributed by atoms with E-state index in [2.05, 4.69) is 115 Å². The van der Waals surface area contributed by atoms with Crippen molar-refractivity contribution >= 4 is 43.6 Å². The smallest absolute Gasteiger partial charge is 0.142 e. The van der Waals surface area contributed by atoms with Gasteiger partial charge >= 0.3 is 0 Å². The van der Waals surface area contributed by atoms with Gasteiger partial charge in [-0.3, -0.25) is 0 Å². The Balaban J connectivity index is 1.41. The second-order valence-corrected chi connectivity index (χ2v) is 14.2. The largest absolute Gasteiger partial charge is 0.377 e. The molecule has 222 valence electrons. The fourth-order valence-electron chi connectivity index (χ4n) is 8.35. The minimum Gasteiger partial charge on any atom is -0.377 e. The van der Waals surface area contributed by atoms with E-state index in [9.17, 15) is 10.2 Å². The number of fused-ring (bicyclic) bond motifs is 6. The van der Waals surface area contributed by atoms with Crippen LogP contribution in [0.1, 0.15) is 36.1 Å². The maximum absolute atomic E-state index is 13.6. The second-order valence-electron chi connectivity index (χ2n) is 13.3. The van der Waals surface area contributed by atoms with Crippen LogP contribution in [0.5, 0.6) is 0 Å². The number of halogens is 1. The standard InChI is InChI=1S/C43H31BrO2/c1-41(2)36-24-30(44)20-19-28(36)22-39-38(41)25-33-37(43(39,46)35-18-8-13-27-11-4-6-16-32(27)35)23-29-14-9-21-42(45,40(29)33)34-17-7-12-26-10-3-5-15-31(26)34/h3-25,45-46H,1-2H3. The Morgan fingerprint density at radius 1 is 0.609 bits per heavy atom. The maximum Gasteiger partial charge on any atom is 0.142 e. The zero-order valence-electron chi connectivity index (χ0n) is 25.6. The molecule has 4 aliphatic carbocycles. The average molecular weight is 660 g/mol. The lowest BCUT2D eigenvalue weighted by molar-refractivity contribution is 0.118. The lowest BCUT2D eigenvalue weighted by Crippen LogP contribution is -2.41. The summed E-state index contributed by atoms with van der Waals surface area (Å²) in [5.41, 5.74) is 5.94. The Bertz CT molecular complexity index is 2370. The molecule has 3 heteroatoms. The number of rotatable bonds is 2. The molecule has 0 aliphatic heterocycles. The van der Waals surface area contributed by atoms with Crippen LogP contribution in [-0.2, 0) is 16.6 Å². The number of hydrogen-bond donors (Lipinski definition) is 2. The van der Waals surface area contributed by atoms with Crippen LogP contribution in [0.3, 0.4) is 0 Å². The molecule has 0 saturated heterocycles. The second kappa shape index (κ2) is 9.49. The van der Waals surface area contributed by atoms with E-state index in [0.29, 0.717) is 0 Å². The number of hydrogen-bond acceptors (Lipinski definition) is 2. The fourth-order valence-corrected chi connectivity index (χ4v) is 8.71. The van der Waals surface area contributed by atoms with Gasteiger partial charge in [-0.25, -0.2) is 0 Å². The minimum absolute atomic E-state index is 0.435. The molecule has 2 nitrogen and oxygen atoms in total. The quantitative estimate of drug-likeness (QED) is 0.198. The van der Waals surface area contributed by atoms with Gasteiger partial charge < -0.3 is 10.2 Å². The summed E-state index contributed by atoms with van der Waals surface area (Å²) in [7, 11) is 0. The van der Waals surface area contributed by atoms with E-state index in [-0.39, 0.29) is 0 Å². The highest BCUT2D eigenvalue weighted by molar-refractivity contribution is 9.10. The van der Waals surface area contributed by atoms with Crippen LogP contribution in [0, 0.1) is 0 Å². The Labute approximate surface area is 276 Å². The van der Waals surface area contributed by atoms with Gasteiger partial charge in [0, 0.05) is 26.6 Å². The maximum atomic E-state index is 13.6. The van der Waals surface area contributed by atoms with Gasteiger partial charge in [0.15, 0.2) is 0 Å². The molecule has 2 unspecified atom stereocenters. The molecule has 4 aliphatic rings. The minimum atomic E-state index is -1.48. The van der Waals surface area contributed by atoms with Crippen molar-refractivity contribution in [1.29, 1.82) is 0 Å². The number of aliphatic hydroxyl groups is 2. The molecule has 2 N–H and O–H groups in total. The van der Waals surface area contributed by atoms with Gasteiger partial charge in [-0.15, -0.1) is 0 Å². The monoisotopic (exact) mass is 658 g/mol. The van der Waals surface area contributed by atoms with E-state index in [1.54, 1.807) is 0 Å². The average Bonchev–Trinajstić information content (AvgIpc) is 3.46. The van der Waals surface area contributed by atoms with Crippen LogP contribution >= 0.6 is 15.9 Å². The van der Waals surface area contributed by atoms with Crippen LogP contribution in [0.2, 0.25) is 0 Å². The highest BCUT2D eigenvalue weighted by atomic mass is 79.9. The molecule has 5 aromatic carbocycles. The van der Waals surface area contributed by atoms with Crippen LogP contribution in [0.25, 0.3) is 27.6 Å². The van der Waals surface area contributed by atoms with Crippen molar-refractivity contribution in [3.8, 4) is 0 Å². The normalized spacial score (nSPS) is 24.0. The van der Waals surface area contributed by atoms with E-state index < -0.39 is 16.6 Å². The SMILES string of the molecule is CC1(C)C2=CC3=C4C(=CC=CC4(O)c4cccc5ccccc45)C=C3C(O)(c3cccc4ccccc34)C2=Cc2ccc(Br)cc21. The van der Waals surface area contributed by atoms with Gasteiger partial charge in [-0.1, -0.05) is 133 Å². The summed E-state index contributed by atoms with van der Waals surface area (Å²) in [6.45, 7) is 4.48. The van der Waals surface area contributed by atoms with Crippen molar-refractivity contribution in [3.05, 3.63) is 194 Å². The molecular formula is C43H31BrO2. The van der Waals surface area contributed by atoms with Gasteiger partial charge in [0.05, 0.1) is 0 Å². The van der Waals surface area contributed by atoms with Crippen molar-refractivity contribution in [2.24, 2.45) is 0 Å². The lowest BCUT2D eigenvalue weighted by atomic mass is 9.59. The van der Waals surface area contributed by atoms with Crippen LogP contribution in [0.4, 0.5) is 0 Å². The van der Waals surface area contributed by atoms with Crippen molar-refractivity contribution < 1.29 is 10.2 Å². The summed E-state index contributed by atoms with van der Waals surface area (Å²) in [6, 6.07) is 35.2. The summed E-state index contributed by atoms with van der Waals surface area (Å²) >= 11 is 3.71. The van der Waals surface area contributed by atoms with Crippen molar-refractivity contribution in [1.82, 2.24) is 0 Å². The predicted octanol–water partition coefficient (Wildman–Crippen LogP) is 9.88. The van der Waals surface area contributed by atoms with Crippen molar-refractivity contribution in [2.45, 2.75) is 30.5 Å². The zero-order chi connectivity index (χ0) is 31.4. The first-order chi connectivity index (χ1) is 22.2. The van der Waals surface area contributed by atoms with Crippen molar-refractivity contribution in [2.75, 3.05) is 0 Å². The third-order valence-corrected chi connectivity index (χ3v) is 11.0. The first kappa shape index (κ1) is 27.7. The molecule has 0 aromatic heterocycles. The van der Waals surface area contributed by atoms with Crippen LogP contribution in [-0.4, -0.2) is 10.2 Å². The van der Waals surface area contributed by atoms with Crippen LogP contribution < -0.4 is 0 Å². The van der Waals surface area contributed by atoms with E-state index in [1.807, 2.05) is 54.6 Å². The molecule has 0 spiro atoms. The Hall–Kier alpha value is -4.54. The third-order valence-electron chi connectivity index (χ3n) is 10.5. The first-order valence-corrected chi connectivity index (χ1v) is 16.5. The molecule has 9 rings (SSSR count). The van der Waals surface area contributed by atoms with E-state index >= 15 is 0 Å². The summed E-state index contributed by atoms with van der Waals surface area (Å²) in [4.78, 5) is 0. The summed E-state index contributed by atoms with van der Waals surface area (Å²) < 4.78 is 1.02. The molecule has 2 atom stereocenters. The van der Waals surface area contributed by atoms with Gasteiger partial charge in [-0.05, 0) is 97.0 Å². The van der Waals surface area contributed by atoms with Gasteiger partial charge in [0.1, 0.15) is 11.2 Å². The molecular weight excluding hydrogens is 628 g/mol. The summed E-state index contributed by atoms with van der Waals surface area (Å²) in [5.74, 6) is 0. The lowest BCUT2D eigenvalue weighted by Gasteiger charge is -2.47. The predicted molar refractivity (Wildman–Crippen MR) is 191 cm³/mol. The highest BCUT2D eigenvalue weighted by Gasteiger charge is 2.53. The molecule has 0 radical (unpaired) electrons. The van der Waals surface area contributed by atoms with Gasteiger partial charge in [0.25, 0.3) is 0 Å². The molecule has 0 bridgehead atoms. The van der Waals surface area contributed by atoms with E-state index in [4.69, 9.17) is 0 Å². The number of allylic oxidation sites excluding steroid dienone is 4. The highest BCUT2D eigenvalue weighted by Crippen LogP contribution is 2.61. The van der Waals surface area contributed by atoms with Crippen LogP contribution in [0.15, 0.2) is 171 Å². The summed E-state index contributed by atoms with van der Waals surface area (Å²) in [5, 5.41) is 30.7. The summed E-state index contributed by atoms with van der Waals surface area (Å²) in [6.07, 6.45) is 12.4. The number of benzene rings is 5. The fraction of sp³-hybridized carbons (Fsp3) is 0.116. The van der Waals surface area contributed by atoms with Gasteiger partial charge in [-0.2, -0.15) is 0 Å². The molecule has 0 fully saturated rings. The molecule has 0 heterocycles. The Morgan fingerprint density at radius 2 is 1.26 bits per heavy atom. The van der Waals surface area contributed by atoms with E-state index in [0.717, 1.165) is 76.1 Å². The topological polar surface area (TPSA) is 40.5 Å². The molecule has 5 aromatic rings. The molecule has 46 heavy (non-hydrogen) atoms. The zero-order valence-corrected chi connectivity index (χ0v) is 27.1. The Kier molecular flexibility index (Phi) is 5.73. The third kappa shape index (κ3) is 3.59.